The summed E-state index contributed by atoms with van der Waals surface area (Å²) < 4.78 is 0. The lowest BCUT2D eigenvalue weighted by Crippen LogP contribution is -2.51. The maximum absolute atomic E-state index is 11.6. The van der Waals surface area contributed by atoms with Gasteiger partial charge in [-0.15, -0.1) is 24.2 Å². The molecule has 1 amide bonds. The second-order valence-electron chi connectivity index (χ2n) is 4.34. The van der Waals surface area contributed by atoms with Crippen LogP contribution in [0.15, 0.2) is 35.2 Å². The summed E-state index contributed by atoms with van der Waals surface area (Å²) >= 11 is 1.79. The van der Waals surface area contributed by atoms with Gasteiger partial charge in [-0.3, -0.25) is 4.79 Å². The molecule has 0 aliphatic carbocycles. The van der Waals surface area contributed by atoms with Gasteiger partial charge in [0.2, 0.25) is 5.91 Å². The summed E-state index contributed by atoms with van der Waals surface area (Å²) in [7, 11) is 0. The summed E-state index contributed by atoms with van der Waals surface area (Å²) in [6.07, 6.45) is 0. The van der Waals surface area contributed by atoms with Gasteiger partial charge in [0, 0.05) is 29.8 Å². The summed E-state index contributed by atoms with van der Waals surface area (Å²) in [6.45, 7) is 4.52. The SMILES string of the molecule is CC(CNC(=O)C1CNC1)Sc1ccccc1.Cl. The van der Waals surface area contributed by atoms with E-state index in [1.165, 1.54) is 4.90 Å². The van der Waals surface area contributed by atoms with Crippen molar-refractivity contribution in [2.75, 3.05) is 19.6 Å². The number of hydrogen-bond donors (Lipinski definition) is 2. The fraction of sp³-hybridized carbons (Fsp3) is 0.462. The van der Waals surface area contributed by atoms with Crippen LogP contribution in [0.25, 0.3) is 0 Å². The molecular weight excluding hydrogens is 268 g/mol. The first-order chi connectivity index (χ1) is 8.25. The van der Waals surface area contributed by atoms with Gasteiger partial charge in [0.15, 0.2) is 0 Å². The number of carbonyl (C=O) groups excluding carboxylic acids is 1. The first-order valence-corrected chi connectivity index (χ1v) is 6.84. The molecule has 5 heteroatoms. The Labute approximate surface area is 119 Å². The fourth-order valence-electron chi connectivity index (χ4n) is 1.64. The minimum absolute atomic E-state index is 0. The number of carbonyl (C=O) groups is 1. The fourth-order valence-corrected chi connectivity index (χ4v) is 2.58. The Balaban J connectivity index is 0.00000162. The molecule has 1 unspecified atom stereocenters. The smallest absolute Gasteiger partial charge is 0.225 e. The third-order valence-corrected chi connectivity index (χ3v) is 3.91. The lowest BCUT2D eigenvalue weighted by Gasteiger charge is -2.26. The quantitative estimate of drug-likeness (QED) is 0.813. The van der Waals surface area contributed by atoms with Gasteiger partial charge in [0.05, 0.1) is 5.92 Å². The molecule has 1 aromatic carbocycles. The standard InChI is InChI=1S/C13H18N2OS.ClH/c1-10(17-12-5-3-2-4-6-12)7-15-13(16)11-8-14-9-11;/h2-6,10-11,14H,7-9H2,1H3,(H,15,16);1H. The highest BCUT2D eigenvalue weighted by molar-refractivity contribution is 8.00. The second kappa shape index (κ2) is 7.67. The van der Waals surface area contributed by atoms with Crippen molar-refractivity contribution in [3.05, 3.63) is 30.3 Å². The van der Waals surface area contributed by atoms with E-state index in [-0.39, 0.29) is 24.2 Å². The van der Waals surface area contributed by atoms with Gasteiger partial charge in [-0.05, 0) is 12.1 Å². The number of rotatable bonds is 5. The predicted octanol–water partition coefficient (Wildman–Crippen LogP) is 1.92. The van der Waals surface area contributed by atoms with Crippen LogP contribution in [0, 0.1) is 5.92 Å². The van der Waals surface area contributed by atoms with E-state index in [2.05, 4.69) is 29.7 Å². The molecule has 1 heterocycles. The molecule has 3 nitrogen and oxygen atoms in total. The van der Waals surface area contributed by atoms with E-state index in [0.29, 0.717) is 5.25 Å². The zero-order chi connectivity index (χ0) is 12.1. The van der Waals surface area contributed by atoms with Crippen LogP contribution in [-0.4, -0.2) is 30.8 Å². The number of benzene rings is 1. The predicted molar refractivity (Wildman–Crippen MR) is 78.4 cm³/mol. The molecule has 1 aliphatic rings. The first-order valence-electron chi connectivity index (χ1n) is 5.96. The first kappa shape index (κ1) is 15.3. The third-order valence-electron chi connectivity index (χ3n) is 2.80. The molecule has 0 aromatic heterocycles. The molecular formula is C13H19ClN2OS. The highest BCUT2D eigenvalue weighted by atomic mass is 35.5. The van der Waals surface area contributed by atoms with Gasteiger partial charge >= 0.3 is 0 Å². The van der Waals surface area contributed by atoms with Crippen LogP contribution in [0.3, 0.4) is 0 Å². The Bertz CT molecular complexity index is 371. The van der Waals surface area contributed by atoms with Gasteiger partial charge in [-0.2, -0.15) is 0 Å². The van der Waals surface area contributed by atoms with Crippen LogP contribution in [0.1, 0.15) is 6.92 Å². The van der Waals surface area contributed by atoms with Crippen molar-refractivity contribution in [2.24, 2.45) is 5.92 Å². The van der Waals surface area contributed by atoms with Crippen molar-refractivity contribution in [1.29, 1.82) is 0 Å². The summed E-state index contributed by atoms with van der Waals surface area (Å²) in [6, 6.07) is 10.3. The van der Waals surface area contributed by atoms with E-state index >= 15 is 0 Å². The number of hydrogen-bond acceptors (Lipinski definition) is 3. The topological polar surface area (TPSA) is 41.1 Å². The number of thioether (sulfide) groups is 1. The third kappa shape index (κ3) is 4.52. The maximum Gasteiger partial charge on any atom is 0.225 e. The monoisotopic (exact) mass is 286 g/mol. The van der Waals surface area contributed by atoms with Crippen molar-refractivity contribution < 1.29 is 4.79 Å². The van der Waals surface area contributed by atoms with Crippen molar-refractivity contribution in [1.82, 2.24) is 10.6 Å². The van der Waals surface area contributed by atoms with Crippen molar-refractivity contribution in [2.45, 2.75) is 17.1 Å². The maximum atomic E-state index is 11.6. The van der Waals surface area contributed by atoms with E-state index in [9.17, 15) is 4.79 Å². The van der Waals surface area contributed by atoms with Crippen molar-refractivity contribution >= 4 is 30.1 Å². The van der Waals surface area contributed by atoms with Gasteiger partial charge in [-0.25, -0.2) is 0 Å². The lowest BCUT2D eigenvalue weighted by molar-refractivity contribution is -0.126. The second-order valence-corrected chi connectivity index (χ2v) is 5.85. The van der Waals surface area contributed by atoms with E-state index in [1.54, 1.807) is 11.8 Å². The van der Waals surface area contributed by atoms with Gasteiger partial charge in [-0.1, -0.05) is 25.1 Å². The van der Waals surface area contributed by atoms with E-state index < -0.39 is 0 Å². The minimum Gasteiger partial charge on any atom is -0.355 e. The molecule has 1 saturated heterocycles. The van der Waals surface area contributed by atoms with Crippen molar-refractivity contribution in [3.63, 3.8) is 0 Å². The van der Waals surface area contributed by atoms with E-state index in [1.807, 2.05) is 18.2 Å². The Morgan fingerprint density at radius 1 is 1.44 bits per heavy atom. The highest BCUT2D eigenvalue weighted by Crippen LogP contribution is 2.22. The van der Waals surface area contributed by atoms with Crippen LogP contribution in [0.4, 0.5) is 0 Å². The normalized spacial score (nSPS) is 16.3. The van der Waals surface area contributed by atoms with Crippen LogP contribution >= 0.6 is 24.2 Å². The van der Waals surface area contributed by atoms with Gasteiger partial charge in [0.25, 0.3) is 0 Å². The molecule has 18 heavy (non-hydrogen) atoms. The van der Waals surface area contributed by atoms with Gasteiger partial charge < -0.3 is 10.6 Å². The number of nitrogens with one attached hydrogen (secondary N) is 2. The summed E-state index contributed by atoms with van der Waals surface area (Å²) in [5.41, 5.74) is 0. The Morgan fingerprint density at radius 2 is 2.11 bits per heavy atom. The molecule has 1 aromatic rings. The number of amides is 1. The molecule has 0 radical (unpaired) electrons. The average Bonchev–Trinajstić information content (AvgIpc) is 2.25. The summed E-state index contributed by atoms with van der Waals surface area (Å²) in [4.78, 5) is 12.9. The number of halogens is 1. The summed E-state index contributed by atoms with van der Waals surface area (Å²) in [5, 5.41) is 6.51. The van der Waals surface area contributed by atoms with Crippen molar-refractivity contribution in [3.8, 4) is 0 Å². The van der Waals surface area contributed by atoms with Crippen LogP contribution in [0.5, 0.6) is 0 Å². The Hall–Kier alpha value is -0.710. The Morgan fingerprint density at radius 3 is 2.67 bits per heavy atom. The van der Waals surface area contributed by atoms with Crippen LogP contribution < -0.4 is 10.6 Å². The highest BCUT2D eigenvalue weighted by Gasteiger charge is 2.24. The molecule has 0 spiro atoms. The molecule has 0 saturated carbocycles. The zero-order valence-corrected chi connectivity index (χ0v) is 12.0. The van der Waals surface area contributed by atoms with E-state index in [0.717, 1.165) is 19.6 Å². The molecule has 100 valence electrons. The molecule has 1 aliphatic heterocycles. The molecule has 0 bridgehead atoms. The zero-order valence-electron chi connectivity index (χ0n) is 10.4. The average molecular weight is 287 g/mol. The van der Waals surface area contributed by atoms with Crippen LogP contribution in [0.2, 0.25) is 0 Å². The van der Waals surface area contributed by atoms with Crippen LogP contribution in [-0.2, 0) is 4.79 Å². The van der Waals surface area contributed by atoms with Gasteiger partial charge in [0.1, 0.15) is 0 Å². The Kier molecular flexibility index (Phi) is 6.54. The molecule has 2 N–H and O–H groups in total. The summed E-state index contributed by atoms with van der Waals surface area (Å²) in [5.74, 6) is 0.369. The largest absolute Gasteiger partial charge is 0.355 e. The molecule has 1 atom stereocenters. The van der Waals surface area contributed by atoms with E-state index in [4.69, 9.17) is 0 Å². The molecule has 1 fully saturated rings. The lowest BCUT2D eigenvalue weighted by atomic mass is 10.0. The minimum atomic E-state index is 0. The molecule has 2 rings (SSSR count).